The Labute approximate surface area is 147 Å². The molecule has 1 aromatic rings. The Morgan fingerprint density at radius 1 is 1.40 bits per heavy atom. The Balaban J connectivity index is 1.98. The molecule has 5 heteroatoms. The third kappa shape index (κ3) is 1.78. The molecule has 2 unspecified atom stereocenters. The summed E-state index contributed by atoms with van der Waals surface area (Å²) in [5.74, 6) is -0.375. The number of ether oxygens (including phenoxy) is 2. The lowest BCUT2D eigenvalue weighted by atomic mass is 9.51. The van der Waals surface area contributed by atoms with Crippen molar-refractivity contribution >= 4 is 5.97 Å². The molecule has 7 atom stereocenters. The Hall–Kier alpha value is -1.85. The summed E-state index contributed by atoms with van der Waals surface area (Å²) < 4.78 is 11.0. The Kier molecular flexibility index (Phi) is 3.54. The quantitative estimate of drug-likeness (QED) is 0.650. The standard InChI is InChI=1S/C20H24O5/c1-5-8-20-10(3)16(21)18(25-19(20)23)14-15(20)11-6-7-12(24-4)9(2)13(11)17(14)22/h5-7,10,14-18,21-22H,1,8H2,2-4H3/t10?,14-,15-,16?,17+,18-,20-/m1/s1. The molecule has 0 amide bonds. The second-order valence-corrected chi connectivity index (χ2v) is 7.58. The van der Waals surface area contributed by atoms with Crippen LogP contribution in [-0.4, -0.2) is 35.5 Å². The van der Waals surface area contributed by atoms with Crippen molar-refractivity contribution in [3.8, 4) is 5.75 Å². The van der Waals surface area contributed by atoms with Gasteiger partial charge < -0.3 is 19.7 Å². The molecule has 25 heavy (non-hydrogen) atoms. The van der Waals surface area contributed by atoms with Crippen LogP contribution in [0.4, 0.5) is 0 Å². The zero-order chi connectivity index (χ0) is 18.1. The van der Waals surface area contributed by atoms with Crippen molar-refractivity contribution < 1.29 is 24.5 Å². The van der Waals surface area contributed by atoms with Gasteiger partial charge in [-0.25, -0.2) is 0 Å². The SMILES string of the molecule is C=CC[C@@]12C(=O)O[C@@H](C(O)C1C)[C@@H]1[C@H]2c2ccc(OC)c(C)c2[C@@H]1O. The molecule has 5 rings (SSSR count). The number of esters is 1. The number of fused-ring (bicyclic) bond motifs is 3. The first-order chi connectivity index (χ1) is 11.9. The molecule has 2 N–H and O–H groups in total. The predicted molar refractivity (Wildman–Crippen MR) is 91.2 cm³/mol. The fourth-order valence-corrected chi connectivity index (χ4v) is 5.62. The van der Waals surface area contributed by atoms with E-state index < -0.39 is 23.7 Å². The Morgan fingerprint density at radius 2 is 2.12 bits per heavy atom. The van der Waals surface area contributed by atoms with Crippen LogP contribution in [0.1, 0.15) is 42.1 Å². The number of aliphatic hydroxyl groups is 2. The average Bonchev–Trinajstić information content (AvgIpc) is 2.89. The topological polar surface area (TPSA) is 76.0 Å². The first-order valence-corrected chi connectivity index (χ1v) is 8.75. The molecule has 2 aliphatic heterocycles. The van der Waals surface area contributed by atoms with E-state index in [0.29, 0.717) is 12.2 Å². The highest BCUT2D eigenvalue weighted by atomic mass is 16.6. The van der Waals surface area contributed by atoms with Crippen LogP contribution in [0.5, 0.6) is 5.75 Å². The monoisotopic (exact) mass is 344 g/mol. The van der Waals surface area contributed by atoms with Gasteiger partial charge in [-0.15, -0.1) is 6.58 Å². The van der Waals surface area contributed by atoms with Crippen LogP contribution < -0.4 is 4.74 Å². The van der Waals surface area contributed by atoms with Crippen molar-refractivity contribution in [3.05, 3.63) is 41.5 Å². The maximum atomic E-state index is 12.9. The fraction of sp³-hybridized carbons (Fsp3) is 0.550. The van der Waals surface area contributed by atoms with Crippen LogP contribution in [0.15, 0.2) is 24.8 Å². The number of aliphatic hydroxyl groups excluding tert-OH is 2. The Bertz CT molecular complexity index is 757. The Morgan fingerprint density at radius 3 is 2.76 bits per heavy atom. The van der Waals surface area contributed by atoms with E-state index in [0.717, 1.165) is 16.7 Å². The third-order valence-electron chi connectivity index (χ3n) is 6.80. The van der Waals surface area contributed by atoms with Gasteiger partial charge >= 0.3 is 5.97 Å². The summed E-state index contributed by atoms with van der Waals surface area (Å²) in [4.78, 5) is 12.9. The average molecular weight is 344 g/mol. The molecular weight excluding hydrogens is 320 g/mol. The molecule has 134 valence electrons. The molecule has 1 aromatic carbocycles. The van der Waals surface area contributed by atoms with Crippen LogP contribution in [0, 0.1) is 24.2 Å². The highest BCUT2D eigenvalue weighted by Crippen LogP contribution is 2.67. The van der Waals surface area contributed by atoms with E-state index in [1.807, 2.05) is 26.0 Å². The molecule has 0 spiro atoms. The molecule has 3 fully saturated rings. The van der Waals surface area contributed by atoms with Gasteiger partial charge in [0.15, 0.2) is 0 Å². The normalized spacial score (nSPS) is 41.1. The van der Waals surface area contributed by atoms with E-state index in [1.54, 1.807) is 13.2 Å². The van der Waals surface area contributed by atoms with Crippen LogP contribution in [0.2, 0.25) is 0 Å². The summed E-state index contributed by atoms with van der Waals surface area (Å²) in [6.45, 7) is 7.64. The molecule has 2 aliphatic carbocycles. The van der Waals surface area contributed by atoms with Gasteiger partial charge in [0.25, 0.3) is 0 Å². The van der Waals surface area contributed by atoms with Crippen LogP contribution >= 0.6 is 0 Å². The first kappa shape index (κ1) is 16.6. The summed E-state index contributed by atoms with van der Waals surface area (Å²) in [7, 11) is 1.60. The number of methoxy groups -OCH3 is 1. The maximum Gasteiger partial charge on any atom is 0.313 e. The van der Waals surface area contributed by atoms with Gasteiger partial charge in [0.2, 0.25) is 0 Å². The molecular formula is C20H24O5. The number of rotatable bonds is 3. The lowest BCUT2D eigenvalue weighted by molar-refractivity contribution is -0.242. The summed E-state index contributed by atoms with van der Waals surface area (Å²) in [5.41, 5.74) is 1.77. The summed E-state index contributed by atoms with van der Waals surface area (Å²) in [5, 5.41) is 21.8. The van der Waals surface area contributed by atoms with E-state index in [4.69, 9.17) is 9.47 Å². The van der Waals surface area contributed by atoms with Gasteiger partial charge in [0.05, 0.1) is 24.7 Å². The van der Waals surface area contributed by atoms with E-state index in [1.165, 1.54) is 0 Å². The minimum absolute atomic E-state index is 0.190. The minimum Gasteiger partial charge on any atom is -0.496 e. The second kappa shape index (κ2) is 5.32. The summed E-state index contributed by atoms with van der Waals surface area (Å²) >= 11 is 0. The van der Waals surface area contributed by atoms with Crippen molar-refractivity contribution in [2.24, 2.45) is 17.3 Å². The zero-order valence-electron chi connectivity index (χ0n) is 14.7. The smallest absolute Gasteiger partial charge is 0.313 e. The molecule has 5 nitrogen and oxygen atoms in total. The fourth-order valence-electron chi connectivity index (χ4n) is 5.62. The minimum atomic E-state index is -0.895. The van der Waals surface area contributed by atoms with Crippen LogP contribution in [0.25, 0.3) is 0 Å². The first-order valence-electron chi connectivity index (χ1n) is 8.75. The van der Waals surface area contributed by atoms with E-state index in [-0.39, 0.29) is 23.7 Å². The third-order valence-corrected chi connectivity index (χ3v) is 6.80. The molecule has 0 aromatic heterocycles. The number of hydrogen-bond acceptors (Lipinski definition) is 5. The summed E-state index contributed by atoms with van der Waals surface area (Å²) in [6.07, 6.45) is -0.139. The number of hydrogen-bond donors (Lipinski definition) is 2. The van der Waals surface area contributed by atoms with E-state index in [9.17, 15) is 15.0 Å². The number of carbonyl (C=O) groups is 1. The molecule has 2 saturated heterocycles. The van der Waals surface area contributed by atoms with Gasteiger partial charge in [-0.05, 0) is 36.1 Å². The summed E-state index contributed by atoms with van der Waals surface area (Å²) in [6, 6.07) is 3.84. The van der Waals surface area contributed by atoms with Crippen molar-refractivity contribution in [1.29, 1.82) is 0 Å². The van der Waals surface area contributed by atoms with Crippen molar-refractivity contribution in [1.82, 2.24) is 0 Å². The van der Waals surface area contributed by atoms with Crippen molar-refractivity contribution in [3.63, 3.8) is 0 Å². The van der Waals surface area contributed by atoms with Gasteiger partial charge in [0, 0.05) is 17.8 Å². The maximum absolute atomic E-state index is 12.9. The van der Waals surface area contributed by atoms with Crippen molar-refractivity contribution in [2.45, 2.75) is 44.5 Å². The lowest BCUT2D eigenvalue weighted by Crippen LogP contribution is -2.66. The molecule has 2 bridgehead atoms. The largest absolute Gasteiger partial charge is 0.496 e. The second-order valence-electron chi connectivity index (χ2n) is 7.58. The lowest BCUT2D eigenvalue weighted by Gasteiger charge is -2.58. The van der Waals surface area contributed by atoms with Gasteiger partial charge in [0.1, 0.15) is 11.9 Å². The zero-order valence-corrected chi connectivity index (χ0v) is 14.7. The van der Waals surface area contributed by atoms with Crippen LogP contribution in [-0.2, 0) is 9.53 Å². The number of allylic oxidation sites excluding steroid dienone is 1. The van der Waals surface area contributed by atoms with E-state index in [2.05, 4.69) is 6.58 Å². The highest BCUT2D eigenvalue weighted by Gasteiger charge is 2.70. The van der Waals surface area contributed by atoms with Gasteiger partial charge in [-0.3, -0.25) is 4.79 Å². The van der Waals surface area contributed by atoms with Crippen molar-refractivity contribution in [2.75, 3.05) is 7.11 Å². The molecule has 0 radical (unpaired) electrons. The van der Waals surface area contributed by atoms with Gasteiger partial charge in [-0.1, -0.05) is 19.1 Å². The molecule has 2 heterocycles. The molecule has 4 aliphatic rings. The number of benzene rings is 1. The van der Waals surface area contributed by atoms with Crippen LogP contribution in [0.3, 0.4) is 0 Å². The predicted octanol–water partition coefficient (Wildman–Crippen LogP) is 2.25. The van der Waals surface area contributed by atoms with E-state index >= 15 is 0 Å². The van der Waals surface area contributed by atoms with Gasteiger partial charge in [-0.2, -0.15) is 0 Å². The highest BCUT2D eigenvalue weighted by molar-refractivity contribution is 5.82. The molecule has 1 saturated carbocycles. The number of carbonyl (C=O) groups excluding carboxylic acids is 1.